The Morgan fingerprint density at radius 2 is 1.82 bits per heavy atom. The summed E-state index contributed by atoms with van der Waals surface area (Å²) in [6.07, 6.45) is 3.95. The Kier molecular flexibility index (Phi) is 6.29. The third-order valence-corrected chi connectivity index (χ3v) is 8.16. The molecule has 4 heterocycles. The van der Waals surface area contributed by atoms with Gasteiger partial charge in [-0.2, -0.15) is 9.97 Å². The molecule has 10 heteroatoms. The van der Waals surface area contributed by atoms with Crippen LogP contribution in [0, 0.1) is 24.6 Å². The van der Waals surface area contributed by atoms with Crippen LogP contribution in [-0.2, 0) is 5.41 Å². The van der Waals surface area contributed by atoms with Gasteiger partial charge < -0.3 is 25.5 Å². The highest BCUT2D eigenvalue weighted by atomic mass is 19.1. The van der Waals surface area contributed by atoms with Gasteiger partial charge in [0, 0.05) is 60.6 Å². The number of halogens is 1. The van der Waals surface area contributed by atoms with E-state index >= 15 is 0 Å². The molecule has 6 rings (SSSR count). The first-order chi connectivity index (χ1) is 18.3. The van der Waals surface area contributed by atoms with Gasteiger partial charge >= 0.3 is 0 Å². The van der Waals surface area contributed by atoms with Crippen LogP contribution in [-0.4, -0.2) is 63.9 Å². The Balaban J connectivity index is 1.31. The van der Waals surface area contributed by atoms with E-state index in [9.17, 15) is 9.50 Å². The number of aromatic nitrogens is 4. The summed E-state index contributed by atoms with van der Waals surface area (Å²) < 4.78 is 13.7. The molecule has 2 aromatic heterocycles. The summed E-state index contributed by atoms with van der Waals surface area (Å²) >= 11 is 0. The third-order valence-electron chi connectivity index (χ3n) is 8.16. The minimum absolute atomic E-state index is 0.00870. The van der Waals surface area contributed by atoms with Crippen molar-refractivity contribution in [3.63, 3.8) is 0 Å². The molecule has 1 aliphatic carbocycles. The molecule has 0 spiro atoms. The number of benzene rings is 1. The van der Waals surface area contributed by atoms with Crippen molar-refractivity contribution in [3.05, 3.63) is 53.7 Å². The number of anilines is 5. The summed E-state index contributed by atoms with van der Waals surface area (Å²) in [7, 11) is 0. The normalized spacial score (nSPS) is 23.4. The van der Waals surface area contributed by atoms with Crippen LogP contribution in [0.2, 0.25) is 0 Å². The van der Waals surface area contributed by atoms with Crippen LogP contribution in [0.3, 0.4) is 0 Å². The minimum Gasteiger partial charge on any atom is -0.395 e. The van der Waals surface area contributed by atoms with Gasteiger partial charge in [-0.3, -0.25) is 0 Å². The van der Waals surface area contributed by atoms with Crippen LogP contribution in [0.5, 0.6) is 0 Å². The second-order valence-corrected chi connectivity index (χ2v) is 11.4. The van der Waals surface area contributed by atoms with E-state index in [0.29, 0.717) is 30.9 Å². The Bertz CT molecular complexity index is 1300. The molecule has 1 saturated carbocycles. The standard InChI is InChI=1S/C28H35FN8O/c1-17-12-22(32-16-31-17)36-13-18-4-5-19(14-36)24(18)33-27-34-25(30-10-11-38)23-26(35-27)37(15-28(23,2)3)21-8-6-20(29)7-9-21/h6-9,12,16,18-19,24,38H,4-5,10-11,13-15H2,1-3H3,(H2,30,33,34,35)/t18-,19+,24+. The Morgan fingerprint density at radius 3 is 2.50 bits per heavy atom. The highest BCUT2D eigenvalue weighted by Crippen LogP contribution is 2.47. The van der Waals surface area contributed by atoms with Crippen molar-refractivity contribution in [2.75, 3.05) is 53.2 Å². The maximum Gasteiger partial charge on any atom is 0.226 e. The number of hydrogen-bond donors (Lipinski definition) is 3. The molecule has 0 radical (unpaired) electrons. The van der Waals surface area contributed by atoms with Gasteiger partial charge in [0.1, 0.15) is 29.6 Å². The Hall–Kier alpha value is -3.53. The van der Waals surface area contributed by atoms with Gasteiger partial charge in [-0.15, -0.1) is 0 Å². The number of fused-ring (bicyclic) bond motifs is 3. The quantitative estimate of drug-likeness (QED) is 0.430. The fraction of sp³-hybridized carbons (Fsp3) is 0.500. The number of piperidine rings is 1. The van der Waals surface area contributed by atoms with Gasteiger partial charge in [0.2, 0.25) is 5.95 Å². The van der Waals surface area contributed by atoms with Crippen molar-refractivity contribution >= 4 is 29.1 Å². The van der Waals surface area contributed by atoms with E-state index in [0.717, 1.165) is 60.3 Å². The highest BCUT2D eigenvalue weighted by Gasteiger charge is 2.44. The maximum atomic E-state index is 13.7. The smallest absolute Gasteiger partial charge is 0.226 e. The van der Waals surface area contributed by atoms with Crippen molar-refractivity contribution in [1.29, 1.82) is 0 Å². The van der Waals surface area contributed by atoms with Crippen LogP contribution in [0.25, 0.3) is 0 Å². The molecule has 3 atom stereocenters. The van der Waals surface area contributed by atoms with Crippen LogP contribution in [0.4, 0.5) is 33.5 Å². The Labute approximate surface area is 222 Å². The topological polar surface area (TPSA) is 102 Å². The van der Waals surface area contributed by atoms with E-state index in [1.54, 1.807) is 18.5 Å². The molecule has 1 aromatic carbocycles. The third kappa shape index (κ3) is 4.51. The summed E-state index contributed by atoms with van der Waals surface area (Å²) in [6.45, 7) is 9.30. The zero-order valence-corrected chi connectivity index (χ0v) is 22.2. The monoisotopic (exact) mass is 518 g/mol. The van der Waals surface area contributed by atoms with Crippen molar-refractivity contribution in [2.24, 2.45) is 11.8 Å². The molecule has 3 aromatic rings. The number of rotatable bonds is 7. The van der Waals surface area contributed by atoms with Crippen LogP contribution in [0.1, 0.15) is 37.9 Å². The predicted octanol–water partition coefficient (Wildman–Crippen LogP) is 3.87. The molecular weight excluding hydrogens is 483 g/mol. The molecule has 1 saturated heterocycles. The van der Waals surface area contributed by atoms with Crippen molar-refractivity contribution in [3.8, 4) is 0 Å². The van der Waals surface area contributed by atoms with Crippen molar-refractivity contribution in [1.82, 2.24) is 19.9 Å². The summed E-state index contributed by atoms with van der Waals surface area (Å²) in [4.78, 5) is 23.3. The van der Waals surface area contributed by atoms with E-state index < -0.39 is 0 Å². The van der Waals surface area contributed by atoms with Crippen molar-refractivity contribution < 1.29 is 9.50 Å². The minimum atomic E-state index is -0.262. The lowest BCUT2D eigenvalue weighted by Crippen LogP contribution is -2.48. The SMILES string of the molecule is Cc1cc(N2C[C@H]3CC[C@@H](C2)[C@H]3Nc2nc(NCCO)c3c(n2)N(c2ccc(F)cc2)CC3(C)C)ncn1. The number of nitrogens with zero attached hydrogens (tertiary/aromatic N) is 6. The average molecular weight is 519 g/mol. The average Bonchev–Trinajstić information content (AvgIpc) is 3.28. The molecule has 200 valence electrons. The van der Waals surface area contributed by atoms with Gasteiger partial charge in [0.15, 0.2) is 0 Å². The lowest BCUT2D eigenvalue weighted by molar-refractivity contribution is 0.311. The van der Waals surface area contributed by atoms with Gasteiger partial charge in [-0.25, -0.2) is 14.4 Å². The van der Waals surface area contributed by atoms with Crippen LogP contribution < -0.4 is 20.4 Å². The zero-order chi connectivity index (χ0) is 26.4. The molecule has 38 heavy (non-hydrogen) atoms. The van der Waals surface area contributed by atoms with E-state index in [1.807, 2.05) is 6.92 Å². The van der Waals surface area contributed by atoms with E-state index in [1.165, 1.54) is 12.1 Å². The first-order valence-electron chi connectivity index (χ1n) is 13.4. The van der Waals surface area contributed by atoms with E-state index in [-0.39, 0.29) is 23.9 Å². The maximum absolute atomic E-state index is 13.7. The number of aliphatic hydroxyl groups excluding tert-OH is 1. The summed E-state index contributed by atoms with van der Waals surface area (Å²) in [5.74, 6) is 3.79. The molecule has 0 unspecified atom stereocenters. The molecule has 2 aliphatic heterocycles. The molecule has 3 N–H and O–H groups in total. The largest absolute Gasteiger partial charge is 0.395 e. The van der Waals surface area contributed by atoms with Gasteiger partial charge in [0.05, 0.1) is 6.61 Å². The second kappa shape index (κ2) is 9.65. The highest BCUT2D eigenvalue weighted by molar-refractivity contribution is 5.75. The molecular formula is C28H35FN8O. The summed E-state index contributed by atoms with van der Waals surface area (Å²) in [5.41, 5.74) is 2.65. The van der Waals surface area contributed by atoms with Crippen LogP contribution >= 0.6 is 0 Å². The van der Waals surface area contributed by atoms with Gasteiger partial charge in [-0.1, -0.05) is 13.8 Å². The Morgan fingerprint density at radius 1 is 1.08 bits per heavy atom. The van der Waals surface area contributed by atoms with Gasteiger partial charge in [0.25, 0.3) is 0 Å². The fourth-order valence-corrected chi connectivity index (χ4v) is 6.43. The molecule has 2 fully saturated rings. The number of aryl methyl sites for hydroxylation is 1. The predicted molar refractivity (Wildman–Crippen MR) is 147 cm³/mol. The second-order valence-electron chi connectivity index (χ2n) is 11.4. The van der Waals surface area contributed by atoms with E-state index in [2.05, 4.69) is 50.3 Å². The number of hydrogen-bond acceptors (Lipinski definition) is 9. The van der Waals surface area contributed by atoms with E-state index in [4.69, 9.17) is 9.97 Å². The molecule has 3 aliphatic rings. The molecule has 0 amide bonds. The lowest BCUT2D eigenvalue weighted by Gasteiger charge is -2.39. The lowest BCUT2D eigenvalue weighted by atomic mass is 9.88. The zero-order valence-electron chi connectivity index (χ0n) is 22.2. The summed E-state index contributed by atoms with van der Waals surface area (Å²) in [5, 5.41) is 16.6. The number of aliphatic hydroxyl groups is 1. The number of nitrogens with one attached hydrogen (secondary N) is 2. The van der Waals surface area contributed by atoms with Gasteiger partial charge in [-0.05, 0) is 55.9 Å². The fourth-order valence-electron chi connectivity index (χ4n) is 6.43. The molecule has 2 bridgehead atoms. The molecule has 9 nitrogen and oxygen atoms in total. The summed E-state index contributed by atoms with van der Waals surface area (Å²) in [6, 6.07) is 8.88. The first kappa shape index (κ1) is 24.8. The van der Waals surface area contributed by atoms with Crippen LogP contribution in [0.15, 0.2) is 36.7 Å². The van der Waals surface area contributed by atoms with Crippen molar-refractivity contribution in [2.45, 2.75) is 45.1 Å². The first-order valence-corrected chi connectivity index (χ1v) is 13.4.